The van der Waals surface area contributed by atoms with Crippen molar-refractivity contribution in [2.75, 3.05) is 26.2 Å². The monoisotopic (exact) mass is 483 g/mol. The molecule has 5 heteroatoms. The number of nitrogens with zero attached hydrogens (tertiary/aromatic N) is 4. The summed E-state index contributed by atoms with van der Waals surface area (Å²) in [5.41, 5.74) is 4.21. The van der Waals surface area contributed by atoms with Crippen molar-refractivity contribution in [2.24, 2.45) is 0 Å². The van der Waals surface area contributed by atoms with Crippen LogP contribution >= 0.6 is 0 Å². The highest BCUT2D eigenvalue weighted by Crippen LogP contribution is 2.44. The molecule has 3 heterocycles. The fraction of sp³-hybridized carbons (Fsp3) is 0.548. The van der Waals surface area contributed by atoms with Crippen LogP contribution in [0.3, 0.4) is 0 Å². The second-order valence-electron chi connectivity index (χ2n) is 11.3. The summed E-state index contributed by atoms with van der Waals surface area (Å²) in [5.74, 6) is 1.79. The number of hydrogen-bond donors (Lipinski definition) is 1. The number of nitrogens with one attached hydrogen (secondary N) is 1. The van der Waals surface area contributed by atoms with Crippen molar-refractivity contribution < 1.29 is 0 Å². The normalized spacial score (nSPS) is 22.5. The highest BCUT2D eigenvalue weighted by atomic mass is 15.2. The van der Waals surface area contributed by atoms with Crippen molar-refractivity contribution in [3.8, 4) is 0 Å². The summed E-state index contributed by atoms with van der Waals surface area (Å²) in [5, 5.41) is 7.63. The first-order valence-corrected chi connectivity index (χ1v) is 14.3. The summed E-state index contributed by atoms with van der Waals surface area (Å²) in [6.45, 7) is 4.26. The number of rotatable bonds is 5. The zero-order valence-electron chi connectivity index (χ0n) is 21.6. The van der Waals surface area contributed by atoms with E-state index in [4.69, 9.17) is 10.4 Å². The van der Waals surface area contributed by atoms with Crippen molar-refractivity contribution >= 4 is 17.4 Å². The molecule has 0 spiro atoms. The molecule has 3 aliphatic rings. The van der Waals surface area contributed by atoms with E-state index in [0.717, 1.165) is 44.5 Å². The van der Waals surface area contributed by atoms with Crippen LogP contribution in [0.5, 0.6) is 0 Å². The number of aromatic nitrogens is 2. The molecule has 3 aromatic rings. The maximum Gasteiger partial charge on any atom is 0.113 e. The minimum atomic E-state index is 0.210. The molecule has 1 aliphatic carbocycles. The zero-order chi connectivity index (χ0) is 24.4. The lowest BCUT2D eigenvalue weighted by Gasteiger charge is -2.48. The van der Waals surface area contributed by atoms with Gasteiger partial charge in [0.15, 0.2) is 0 Å². The zero-order valence-corrected chi connectivity index (χ0v) is 21.6. The summed E-state index contributed by atoms with van der Waals surface area (Å²) in [6, 6.07) is 20.7. The summed E-state index contributed by atoms with van der Waals surface area (Å²) in [4.78, 5) is 10.2. The van der Waals surface area contributed by atoms with Crippen molar-refractivity contribution in [3.05, 3.63) is 66.0 Å². The average Bonchev–Trinajstić information content (AvgIpc) is 3.15. The Kier molecular flexibility index (Phi) is 6.83. The van der Waals surface area contributed by atoms with Crippen LogP contribution in [-0.2, 0) is 5.54 Å². The SMILES string of the molecule is N=CN1CCC(c2nc3ccccc3n2C2CCN(C3(c4ccccc4)CCCCCC3)CC2)CC1. The topological polar surface area (TPSA) is 48.2 Å². The van der Waals surface area contributed by atoms with Gasteiger partial charge in [-0.2, -0.15) is 0 Å². The van der Waals surface area contributed by atoms with Gasteiger partial charge in [-0.05, 0) is 56.2 Å². The third-order valence-corrected chi connectivity index (χ3v) is 9.38. The van der Waals surface area contributed by atoms with E-state index in [-0.39, 0.29) is 5.54 Å². The van der Waals surface area contributed by atoms with Crippen LogP contribution in [-0.4, -0.2) is 51.9 Å². The standard InChI is InChI=1S/C31H41N5/c32-24-34-20-14-25(15-21-34)30-33-28-12-6-7-13-29(28)36(30)27-16-22-35(23-17-27)31(18-8-1-2-9-19-31)26-10-4-3-5-11-26/h3-7,10-13,24-25,27,32H,1-2,8-9,14-23H2. The van der Waals surface area contributed by atoms with Gasteiger partial charge >= 0.3 is 0 Å². The van der Waals surface area contributed by atoms with Gasteiger partial charge in [0, 0.05) is 43.7 Å². The first-order valence-electron chi connectivity index (χ1n) is 14.3. The van der Waals surface area contributed by atoms with Crippen molar-refractivity contribution in [3.63, 3.8) is 0 Å². The van der Waals surface area contributed by atoms with Gasteiger partial charge in [-0.15, -0.1) is 0 Å². The number of likely N-dealkylation sites (tertiary alicyclic amines) is 2. The maximum absolute atomic E-state index is 7.63. The number of piperidine rings is 2. The van der Waals surface area contributed by atoms with Gasteiger partial charge in [-0.25, -0.2) is 4.98 Å². The molecule has 5 nitrogen and oxygen atoms in total. The lowest BCUT2D eigenvalue weighted by atomic mass is 9.79. The molecule has 3 fully saturated rings. The second kappa shape index (κ2) is 10.4. The van der Waals surface area contributed by atoms with Crippen molar-refractivity contribution in [2.45, 2.75) is 81.7 Å². The Morgan fingerprint density at radius 2 is 1.44 bits per heavy atom. The number of fused-ring (bicyclic) bond motifs is 1. The Bertz CT molecular complexity index is 1140. The third-order valence-electron chi connectivity index (χ3n) is 9.38. The minimum Gasteiger partial charge on any atom is -0.363 e. The Balaban J connectivity index is 1.27. The lowest BCUT2D eigenvalue weighted by Crippen LogP contribution is -2.50. The lowest BCUT2D eigenvalue weighted by molar-refractivity contribution is 0.0353. The Hall–Kier alpha value is -2.66. The first-order chi connectivity index (χ1) is 17.8. The van der Waals surface area contributed by atoms with Crippen LogP contribution in [0.2, 0.25) is 0 Å². The quantitative estimate of drug-likeness (QED) is 0.249. The Morgan fingerprint density at radius 3 is 2.14 bits per heavy atom. The molecule has 36 heavy (non-hydrogen) atoms. The summed E-state index contributed by atoms with van der Waals surface area (Å²) in [7, 11) is 0. The molecule has 1 N–H and O–H groups in total. The molecule has 190 valence electrons. The van der Waals surface area contributed by atoms with Crippen LogP contribution in [0.25, 0.3) is 11.0 Å². The van der Waals surface area contributed by atoms with E-state index in [9.17, 15) is 0 Å². The molecular weight excluding hydrogens is 442 g/mol. The summed E-state index contributed by atoms with van der Waals surface area (Å²) >= 11 is 0. The number of benzene rings is 2. The molecule has 2 saturated heterocycles. The van der Waals surface area contributed by atoms with Crippen LogP contribution in [0.15, 0.2) is 54.6 Å². The molecule has 1 saturated carbocycles. The highest BCUT2D eigenvalue weighted by molar-refractivity contribution is 5.76. The Labute approximate surface area is 216 Å². The number of hydrogen-bond acceptors (Lipinski definition) is 3. The van der Waals surface area contributed by atoms with E-state index >= 15 is 0 Å². The fourth-order valence-electron chi connectivity index (χ4n) is 7.42. The van der Waals surface area contributed by atoms with E-state index in [1.165, 1.54) is 74.6 Å². The number of para-hydroxylation sites is 2. The number of imidazole rings is 1. The van der Waals surface area contributed by atoms with E-state index in [1.54, 1.807) is 0 Å². The Morgan fingerprint density at radius 1 is 0.778 bits per heavy atom. The fourth-order valence-corrected chi connectivity index (χ4v) is 7.42. The van der Waals surface area contributed by atoms with E-state index in [2.05, 4.69) is 69.0 Å². The van der Waals surface area contributed by atoms with Gasteiger partial charge < -0.3 is 9.47 Å². The maximum atomic E-state index is 7.63. The molecule has 6 rings (SSSR count). The van der Waals surface area contributed by atoms with Crippen LogP contribution < -0.4 is 0 Å². The van der Waals surface area contributed by atoms with E-state index < -0.39 is 0 Å². The first kappa shape index (κ1) is 23.7. The van der Waals surface area contributed by atoms with Gasteiger partial charge in [0.25, 0.3) is 0 Å². The van der Waals surface area contributed by atoms with Crippen LogP contribution in [0.4, 0.5) is 0 Å². The van der Waals surface area contributed by atoms with E-state index in [1.807, 2.05) is 0 Å². The minimum absolute atomic E-state index is 0.210. The van der Waals surface area contributed by atoms with E-state index in [0.29, 0.717) is 12.0 Å². The van der Waals surface area contributed by atoms with Gasteiger partial charge in [-0.1, -0.05) is 68.1 Å². The predicted octanol–water partition coefficient (Wildman–Crippen LogP) is 6.71. The average molecular weight is 484 g/mol. The smallest absolute Gasteiger partial charge is 0.113 e. The molecule has 0 unspecified atom stereocenters. The third kappa shape index (κ3) is 4.36. The van der Waals surface area contributed by atoms with Crippen molar-refractivity contribution in [1.29, 1.82) is 5.41 Å². The van der Waals surface area contributed by atoms with Crippen LogP contribution in [0.1, 0.15) is 87.6 Å². The molecule has 0 bridgehead atoms. The molecule has 0 atom stereocenters. The molecular formula is C31H41N5. The van der Waals surface area contributed by atoms with Crippen molar-refractivity contribution in [1.82, 2.24) is 19.4 Å². The molecule has 0 amide bonds. The van der Waals surface area contributed by atoms with Gasteiger partial charge in [-0.3, -0.25) is 10.3 Å². The molecule has 1 aromatic heterocycles. The summed E-state index contributed by atoms with van der Waals surface area (Å²) in [6.07, 6.45) is 14.1. The highest BCUT2D eigenvalue weighted by Gasteiger charge is 2.41. The second-order valence-corrected chi connectivity index (χ2v) is 11.3. The summed E-state index contributed by atoms with van der Waals surface area (Å²) < 4.78 is 2.64. The molecule has 2 aromatic carbocycles. The van der Waals surface area contributed by atoms with Gasteiger partial charge in [0.2, 0.25) is 0 Å². The van der Waals surface area contributed by atoms with Gasteiger partial charge in [0.05, 0.1) is 17.4 Å². The van der Waals surface area contributed by atoms with Gasteiger partial charge in [0.1, 0.15) is 5.82 Å². The molecule has 0 radical (unpaired) electrons. The molecule has 2 aliphatic heterocycles. The van der Waals surface area contributed by atoms with Crippen LogP contribution in [0, 0.1) is 5.41 Å². The largest absolute Gasteiger partial charge is 0.363 e. The predicted molar refractivity (Wildman–Crippen MR) is 148 cm³/mol.